The van der Waals surface area contributed by atoms with Crippen LogP contribution in [0.5, 0.6) is 0 Å². The maximum Gasteiger partial charge on any atom is 0.407 e. The molecule has 0 aliphatic carbocycles. The van der Waals surface area contributed by atoms with Gasteiger partial charge in [0.15, 0.2) is 0 Å². The fourth-order valence-electron chi connectivity index (χ4n) is 1.28. The second kappa shape index (κ2) is 10.8. The molecule has 104 valence electrons. The lowest BCUT2D eigenvalue weighted by Crippen LogP contribution is -2.25. The molecule has 4 heteroatoms. The van der Waals surface area contributed by atoms with E-state index in [1.165, 1.54) is 11.1 Å². The van der Waals surface area contributed by atoms with Crippen LogP contribution in [0.3, 0.4) is 0 Å². The highest BCUT2D eigenvalue weighted by molar-refractivity contribution is 5.67. The Hall–Kier alpha value is -1.29. The Balaban J connectivity index is 3.66. The minimum atomic E-state index is -0.434. The normalized spacial score (nSPS) is 11.0. The molecule has 0 rings (SSSR count). The van der Waals surface area contributed by atoms with Crippen molar-refractivity contribution >= 4 is 6.09 Å². The van der Waals surface area contributed by atoms with Crippen LogP contribution in [0.4, 0.5) is 4.79 Å². The fraction of sp³-hybridized carbons (Fsp3) is 0.643. The van der Waals surface area contributed by atoms with Crippen molar-refractivity contribution in [1.29, 1.82) is 0 Å². The standard InChI is InChI=1S/C14H25NO3/c1-12(2)6-4-7-13(3)8-9-15-14(17)18-11-5-10-16/h6,8,16H,4-5,7,9-11H2,1-3H3,(H,15,17)/b13-8+. The molecule has 0 fully saturated rings. The molecule has 0 spiro atoms. The summed E-state index contributed by atoms with van der Waals surface area (Å²) in [7, 11) is 0. The summed E-state index contributed by atoms with van der Waals surface area (Å²) in [4.78, 5) is 11.1. The van der Waals surface area contributed by atoms with Crippen molar-refractivity contribution in [1.82, 2.24) is 5.32 Å². The van der Waals surface area contributed by atoms with Gasteiger partial charge in [0.05, 0.1) is 6.61 Å². The Bertz CT molecular complexity index is 291. The van der Waals surface area contributed by atoms with Crippen LogP contribution in [0, 0.1) is 0 Å². The molecule has 0 atom stereocenters. The highest BCUT2D eigenvalue weighted by atomic mass is 16.5. The van der Waals surface area contributed by atoms with Crippen LogP contribution in [0.2, 0.25) is 0 Å². The van der Waals surface area contributed by atoms with Crippen LogP contribution in [-0.2, 0) is 4.74 Å². The minimum Gasteiger partial charge on any atom is -0.449 e. The number of alkyl carbamates (subject to hydrolysis) is 1. The third kappa shape index (κ3) is 11.2. The molecule has 0 heterocycles. The molecule has 0 saturated carbocycles. The van der Waals surface area contributed by atoms with Gasteiger partial charge in [0.25, 0.3) is 0 Å². The Morgan fingerprint density at radius 1 is 1.28 bits per heavy atom. The number of hydrogen-bond acceptors (Lipinski definition) is 3. The number of nitrogens with one attached hydrogen (secondary N) is 1. The molecule has 0 bridgehead atoms. The van der Waals surface area contributed by atoms with Crippen molar-refractivity contribution in [2.45, 2.75) is 40.0 Å². The number of aliphatic hydroxyl groups excluding tert-OH is 1. The van der Waals surface area contributed by atoms with E-state index in [2.05, 4.69) is 32.2 Å². The molecule has 2 N–H and O–H groups in total. The SMILES string of the molecule is CC(C)=CCC/C(C)=C/CNC(=O)OCCCO. The van der Waals surface area contributed by atoms with Crippen molar-refractivity contribution in [2.24, 2.45) is 0 Å². The van der Waals surface area contributed by atoms with E-state index in [4.69, 9.17) is 9.84 Å². The molecule has 0 aromatic carbocycles. The Morgan fingerprint density at radius 2 is 2.00 bits per heavy atom. The second-order valence-electron chi connectivity index (χ2n) is 4.46. The Labute approximate surface area is 110 Å². The van der Waals surface area contributed by atoms with Crippen LogP contribution < -0.4 is 5.32 Å². The molecule has 1 amide bonds. The van der Waals surface area contributed by atoms with E-state index in [-0.39, 0.29) is 13.2 Å². The number of carbonyl (C=O) groups excluding carboxylic acids is 1. The number of allylic oxidation sites excluding steroid dienone is 3. The van der Waals surface area contributed by atoms with Crippen molar-refractivity contribution in [3.8, 4) is 0 Å². The van der Waals surface area contributed by atoms with Crippen LogP contribution in [0.25, 0.3) is 0 Å². The molecule has 0 aliphatic heterocycles. The first-order valence-corrected chi connectivity index (χ1v) is 6.36. The quantitative estimate of drug-likeness (QED) is 0.518. The van der Waals surface area contributed by atoms with Gasteiger partial charge < -0.3 is 15.2 Å². The van der Waals surface area contributed by atoms with Gasteiger partial charge in [0.2, 0.25) is 0 Å². The molecule has 0 aliphatic rings. The van der Waals surface area contributed by atoms with E-state index in [0.29, 0.717) is 13.0 Å². The van der Waals surface area contributed by atoms with Crippen molar-refractivity contribution in [3.05, 3.63) is 23.3 Å². The maximum absolute atomic E-state index is 11.1. The molecule has 0 aromatic heterocycles. The van der Waals surface area contributed by atoms with E-state index in [1.54, 1.807) is 0 Å². The average molecular weight is 255 g/mol. The summed E-state index contributed by atoms with van der Waals surface area (Å²) in [6.07, 6.45) is 6.28. The molecule has 4 nitrogen and oxygen atoms in total. The van der Waals surface area contributed by atoms with Gasteiger partial charge in [0.1, 0.15) is 0 Å². The minimum absolute atomic E-state index is 0.0383. The third-order valence-corrected chi connectivity index (χ3v) is 2.32. The van der Waals surface area contributed by atoms with Gasteiger partial charge >= 0.3 is 6.09 Å². The zero-order valence-electron chi connectivity index (χ0n) is 11.7. The zero-order valence-corrected chi connectivity index (χ0v) is 11.7. The second-order valence-corrected chi connectivity index (χ2v) is 4.46. The van der Waals surface area contributed by atoms with Gasteiger partial charge in [-0.3, -0.25) is 0 Å². The zero-order chi connectivity index (χ0) is 13.8. The first kappa shape index (κ1) is 16.7. The average Bonchev–Trinajstić information content (AvgIpc) is 2.29. The van der Waals surface area contributed by atoms with Gasteiger partial charge in [-0.15, -0.1) is 0 Å². The predicted molar refractivity (Wildman–Crippen MR) is 73.5 cm³/mol. The summed E-state index contributed by atoms with van der Waals surface area (Å²) in [6, 6.07) is 0. The topological polar surface area (TPSA) is 58.6 Å². The van der Waals surface area contributed by atoms with Gasteiger partial charge in [-0.1, -0.05) is 23.3 Å². The number of amides is 1. The number of carbonyl (C=O) groups is 1. The third-order valence-electron chi connectivity index (χ3n) is 2.32. The molecule has 0 radical (unpaired) electrons. The van der Waals surface area contributed by atoms with Crippen molar-refractivity contribution in [2.75, 3.05) is 19.8 Å². The summed E-state index contributed by atoms with van der Waals surface area (Å²) >= 11 is 0. The monoisotopic (exact) mass is 255 g/mol. The van der Waals surface area contributed by atoms with Crippen molar-refractivity contribution in [3.63, 3.8) is 0 Å². The van der Waals surface area contributed by atoms with E-state index < -0.39 is 6.09 Å². The molecular weight excluding hydrogens is 230 g/mol. The number of hydrogen-bond donors (Lipinski definition) is 2. The highest BCUT2D eigenvalue weighted by Gasteiger charge is 1.98. The first-order chi connectivity index (χ1) is 8.56. The fourth-order valence-corrected chi connectivity index (χ4v) is 1.28. The largest absolute Gasteiger partial charge is 0.449 e. The lowest BCUT2D eigenvalue weighted by Gasteiger charge is -2.04. The lowest BCUT2D eigenvalue weighted by molar-refractivity contribution is 0.136. The van der Waals surface area contributed by atoms with Gasteiger partial charge in [-0.05, 0) is 33.6 Å². The molecular formula is C14H25NO3. The first-order valence-electron chi connectivity index (χ1n) is 6.36. The number of ether oxygens (including phenoxy) is 1. The smallest absolute Gasteiger partial charge is 0.407 e. The van der Waals surface area contributed by atoms with Crippen LogP contribution in [0.15, 0.2) is 23.3 Å². The van der Waals surface area contributed by atoms with Crippen LogP contribution in [-0.4, -0.2) is 31.0 Å². The van der Waals surface area contributed by atoms with Crippen molar-refractivity contribution < 1.29 is 14.6 Å². The number of rotatable bonds is 8. The number of aliphatic hydroxyl groups is 1. The van der Waals surface area contributed by atoms with Crippen LogP contribution >= 0.6 is 0 Å². The van der Waals surface area contributed by atoms with E-state index >= 15 is 0 Å². The van der Waals surface area contributed by atoms with Gasteiger partial charge in [-0.25, -0.2) is 4.79 Å². The molecule has 0 saturated heterocycles. The summed E-state index contributed by atoms with van der Waals surface area (Å²) in [5.74, 6) is 0. The van der Waals surface area contributed by atoms with E-state index in [0.717, 1.165) is 12.8 Å². The van der Waals surface area contributed by atoms with Gasteiger partial charge in [0, 0.05) is 19.6 Å². The summed E-state index contributed by atoms with van der Waals surface area (Å²) in [5.41, 5.74) is 2.58. The summed E-state index contributed by atoms with van der Waals surface area (Å²) in [5, 5.41) is 11.2. The summed E-state index contributed by atoms with van der Waals surface area (Å²) in [6.45, 7) is 7.00. The Kier molecular flexibility index (Phi) is 10.1. The molecule has 18 heavy (non-hydrogen) atoms. The van der Waals surface area contributed by atoms with E-state index in [1.807, 2.05) is 6.08 Å². The Morgan fingerprint density at radius 3 is 2.61 bits per heavy atom. The summed E-state index contributed by atoms with van der Waals surface area (Å²) < 4.78 is 4.83. The van der Waals surface area contributed by atoms with Gasteiger partial charge in [-0.2, -0.15) is 0 Å². The van der Waals surface area contributed by atoms with E-state index in [9.17, 15) is 4.79 Å². The van der Waals surface area contributed by atoms with Crippen LogP contribution in [0.1, 0.15) is 40.0 Å². The molecule has 0 unspecified atom stereocenters. The highest BCUT2D eigenvalue weighted by Crippen LogP contribution is 2.05. The molecule has 0 aromatic rings. The predicted octanol–water partition coefficient (Wildman–Crippen LogP) is 2.79. The maximum atomic E-state index is 11.1. The lowest BCUT2D eigenvalue weighted by atomic mass is 10.1.